The molecular weight excluding hydrogens is 245 g/mol. The molecule has 1 aromatic heterocycles. The van der Waals surface area contributed by atoms with Crippen molar-refractivity contribution in [2.24, 2.45) is 11.3 Å². The highest BCUT2D eigenvalue weighted by Gasteiger charge is 2.57. The number of piperidine rings is 1. The molecule has 2 heterocycles. The molecule has 2 unspecified atom stereocenters. The summed E-state index contributed by atoms with van der Waals surface area (Å²) < 4.78 is 42.8. The van der Waals surface area contributed by atoms with E-state index in [1.54, 1.807) is 0 Å². The summed E-state index contributed by atoms with van der Waals surface area (Å²) in [4.78, 5) is 3.49. The van der Waals surface area contributed by atoms with E-state index in [1.165, 1.54) is 12.1 Å². The van der Waals surface area contributed by atoms with Crippen LogP contribution in [0.5, 0.6) is 5.88 Å². The molecule has 1 aromatic rings. The second-order valence-corrected chi connectivity index (χ2v) is 5.04. The first kappa shape index (κ1) is 11.8. The molecule has 1 saturated carbocycles. The maximum Gasteiger partial charge on any atom is 0.433 e. The number of rotatable bonds is 3. The van der Waals surface area contributed by atoms with Gasteiger partial charge in [0.25, 0.3) is 0 Å². The van der Waals surface area contributed by atoms with Crippen LogP contribution in [-0.4, -0.2) is 24.7 Å². The maximum absolute atomic E-state index is 12.5. The van der Waals surface area contributed by atoms with Crippen LogP contribution in [0.4, 0.5) is 13.2 Å². The number of alkyl halides is 3. The number of nitrogens with zero attached hydrogens (tertiary/aromatic N) is 1. The second-order valence-electron chi connectivity index (χ2n) is 5.04. The van der Waals surface area contributed by atoms with E-state index in [9.17, 15) is 13.2 Å². The molecule has 98 valence electrons. The Bertz CT molecular complexity index is 463. The molecule has 1 aliphatic carbocycles. The Morgan fingerprint density at radius 3 is 2.89 bits per heavy atom. The Morgan fingerprint density at radius 2 is 2.28 bits per heavy atom. The van der Waals surface area contributed by atoms with Crippen LogP contribution in [0.3, 0.4) is 0 Å². The van der Waals surface area contributed by atoms with Crippen molar-refractivity contribution in [3.63, 3.8) is 0 Å². The highest BCUT2D eigenvalue weighted by atomic mass is 19.4. The average Bonchev–Trinajstić information content (AvgIpc) is 2.88. The van der Waals surface area contributed by atoms with Gasteiger partial charge in [0.1, 0.15) is 5.69 Å². The van der Waals surface area contributed by atoms with Gasteiger partial charge in [-0.15, -0.1) is 0 Å². The SMILES string of the molecule is FC(F)(F)c1cccc(OCC23CNCC2C3)n1. The predicted octanol–water partition coefficient (Wildman–Crippen LogP) is 2.09. The zero-order valence-corrected chi connectivity index (χ0v) is 9.63. The number of fused-ring (bicyclic) bond motifs is 1. The molecule has 3 rings (SSSR count). The first-order valence-corrected chi connectivity index (χ1v) is 5.87. The summed E-state index contributed by atoms with van der Waals surface area (Å²) in [6, 6.07) is 3.73. The van der Waals surface area contributed by atoms with Gasteiger partial charge >= 0.3 is 6.18 Å². The van der Waals surface area contributed by atoms with Gasteiger partial charge in [-0.1, -0.05) is 6.07 Å². The minimum atomic E-state index is -4.42. The van der Waals surface area contributed by atoms with E-state index < -0.39 is 11.9 Å². The molecule has 0 bridgehead atoms. The van der Waals surface area contributed by atoms with Crippen molar-refractivity contribution in [2.45, 2.75) is 12.6 Å². The molecule has 1 N–H and O–H groups in total. The summed E-state index contributed by atoms with van der Waals surface area (Å²) in [5.41, 5.74) is -0.773. The van der Waals surface area contributed by atoms with Crippen molar-refractivity contribution in [3.05, 3.63) is 23.9 Å². The zero-order valence-electron chi connectivity index (χ0n) is 9.63. The van der Waals surface area contributed by atoms with Crippen LogP contribution in [0.15, 0.2) is 18.2 Å². The molecule has 18 heavy (non-hydrogen) atoms. The molecule has 1 aliphatic heterocycles. The molecule has 3 nitrogen and oxygen atoms in total. The monoisotopic (exact) mass is 258 g/mol. The predicted molar refractivity (Wildman–Crippen MR) is 58.1 cm³/mol. The van der Waals surface area contributed by atoms with E-state index in [2.05, 4.69) is 10.3 Å². The molecule has 1 saturated heterocycles. The fourth-order valence-electron chi connectivity index (χ4n) is 2.53. The minimum Gasteiger partial charge on any atom is -0.477 e. The highest BCUT2D eigenvalue weighted by molar-refractivity contribution is 5.19. The normalized spacial score (nSPS) is 30.1. The molecule has 0 aromatic carbocycles. The minimum absolute atomic E-state index is 0.0525. The molecule has 2 fully saturated rings. The summed E-state index contributed by atoms with van der Waals surface area (Å²) in [5, 5.41) is 3.25. The zero-order chi connectivity index (χ0) is 12.8. The summed E-state index contributed by atoms with van der Waals surface area (Å²) in [5.74, 6) is 0.667. The number of pyridine rings is 1. The topological polar surface area (TPSA) is 34.1 Å². The quantitative estimate of drug-likeness (QED) is 0.901. The van der Waals surface area contributed by atoms with Gasteiger partial charge in [-0.25, -0.2) is 4.98 Å². The lowest BCUT2D eigenvalue weighted by atomic mass is 10.1. The fraction of sp³-hybridized carbons (Fsp3) is 0.583. The maximum atomic E-state index is 12.5. The number of halogens is 3. The summed E-state index contributed by atoms with van der Waals surface area (Å²) in [6.07, 6.45) is -3.33. The van der Waals surface area contributed by atoms with E-state index in [1.807, 2.05) is 0 Å². The third-order valence-electron chi connectivity index (χ3n) is 3.75. The number of nitrogens with one attached hydrogen (secondary N) is 1. The van der Waals surface area contributed by atoms with Crippen LogP contribution in [0.2, 0.25) is 0 Å². The summed E-state index contributed by atoms with van der Waals surface area (Å²) in [6.45, 7) is 2.31. The summed E-state index contributed by atoms with van der Waals surface area (Å²) in [7, 11) is 0. The first-order chi connectivity index (χ1) is 8.50. The molecule has 6 heteroatoms. The molecule has 0 radical (unpaired) electrons. The van der Waals surface area contributed by atoms with E-state index in [0.717, 1.165) is 25.6 Å². The lowest BCUT2D eigenvalue weighted by molar-refractivity contribution is -0.141. The van der Waals surface area contributed by atoms with Gasteiger partial charge in [0.2, 0.25) is 5.88 Å². The van der Waals surface area contributed by atoms with Gasteiger partial charge in [0.05, 0.1) is 6.61 Å². The molecular formula is C12H13F3N2O. The molecule has 2 aliphatic rings. The van der Waals surface area contributed by atoms with E-state index in [0.29, 0.717) is 12.5 Å². The Morgan fingerprint density at radius 1 is 1.44 bits per heavy atom. The Balaban J connectivity index is 1.66. The number of aromatic nitrogens is 1. The number of hydrogen-bond donors (Lipinski definition) is 1. The lowest BCUT2D eigenvalue weighted by Crippen LogP contribution is -2.22. The summed E-state index contributed by atoms with van der Waals surface area (Å²) >= 11 is 0. The van der Waals surface area contributed by atoms with Crippen LogP contribution in [0.25, 0.3) is 0 Å². The van der Waals surface area contributed by atoms with E-state index >= 15 is 0 Å². The first-order valence-electron chi connectivity index (χ1n) is 5.87. The highest BCUT2D eigenvalue weighted by Crippen LogP contribution is 2.54. The van der Waals surface area contributed by atoms with Gasteiger partial charge in [-0.2, -0.15) is 13.2 Å². The average molecular weight is 258 g/mol. The van der Waals surface area contributed by atoms with E-state index in [-0.39, 0.29) is 11.3 Å². The van der Waals surface area contributed by atoms with Gasteiger partial charge in [0.15, 0.2) is 0 Å². The van der Waals surface area contributed by atoms with Crippen LogP contribution in [-0.2, 0) is 6.18 Å². The lowest BCUT2D eigenvalue weighted by Gasteiger charge is -2.13. The Labute approximate surface area is 102 Å². The van der Waals surface area contributed by atoms with Crippen LogP contribution in [0, 0.1) is 11.3 Å². The third-order valence-corrected chi connectivity index (χ3v) is 3.75. The standard InChI is InChI=1S/C12H13F3N2O/c13-12(14,15)9-2-1-3-10(17-9)18-7-11-4-8(11)5-16-6-11/h1-3,8,16H,4-7H2. The Hall–Kier alpha value is -1.30. The fourth-order valence-corrected chi connectivity index (χ4v) is 2.53. The molecule has 0 amide bonds. The van der Waals surface area contributed by atoms with Gasteiger partial charge in [0, 0.05) is 18.0 Å². The third kappa shape index (κ3) is 2.05. The second kappa shape index (κ2) is 3.85. The van der Waals surface area contributed by atoms with Crippen molar-refractivity contribution in [2.75, 3.05) is 19.7 Å². The van der Waals surface area contributed by atoms with Crippen LogP contribution in [0.1, 0.15) is 12.1 Å². The van der Waals surface area contributed by atoms with Crippen molar-refractivity contribution in [3.8, 4) is 5.88 Å². The molecule has 0 spiro atoms. The van der Waals surface area contributed by atoms with Crippen LogP contribution >= 0.6 is 0 Å². The van der Waals surface area contributed by atoms with Gasteiger partial charge in [-0.3, -0.25) is 0 Å². The van der Waals surface area contributed by atoms with Crippen molar-refractivity contribution in [1.82, 2.24) is 10.3 Å². The van der Waals surface area contributed by atoms with Gasteiger partial charge in [-0.05, 0) is 24.9 Å². The van der Waals surface area contributed by atoms with Crippen molar-refractivity contribution in [1.29, 1.82) is 0 Å². The van der Waals surface area contributed by atoms with Crippen molar-refractivity contribution >= 4 is 0 Å². The van der Waals surface area contributed by atoms with Gasteiger partial charge < -0.3 is 10.1 Å². The number of hydrogen-bond acceptors (Lipinski definition) is 3. The van der Waals surface area contributed by atoms with Crippen LogP contribution < -0.4 is 10.1 Å². The number of ether oxygens (including phenoxy) is 1. The van der Waals surface area contributed by atoms with Crippen molar-refractivity contribution < 1.29 is 17.9 Å². The Kier molecular flexibility index (Phi) is 2.52. The molecule has 2 atom stereocenters. The smallest absolute Gasteiger partial charge is 0.433 e. The largest absolute Gasteiger partial charge is 0.477 e. The van der Waals surface area contributed by atoms with E-state index in [4.69, 9.17) is 4.74 Å².